The first-order chi connectivity index (χ1) is 10.4. The molecule has 1 aliphatic heterocycles. The number of carbonyl (C=O) groups excluding carboxylic acids is 1. The van der Waals surface area contributed by atoms with Crippen molar-refractivity contribution in [3.05, 3.63) is 29.8 Å². The Balaban J connectivity index is 0.00000264. The highest BCUT2D eigenvalue weighted by Crippen LogP contribution is 2.16. The number of benzene rings is 1. The van der Waals surface area contributed by atoms with Gasteiger partial charge in [-0.2, -0.15) is 0 Å². The molecule has 0 amide bonds. The number of rotatable bonds is 6. The molecule has 0 aliphatic carbocycles. The summed E-state index contributed by atoms with van der Waals surface area (Å²) in [7, 11) is -3.57. The van der Waals surface area contributed by atoms with Crippen LogP contribution in [0.1, 0.15) is 43.5 Å². The first-order valence-corrected chi connectivity index (χ1v) is 9.26. The maximum absolute atomic E-state index is 12.4. The lowest BCUT2D eigenvalue weighted by Gasteiger charge is -2.31. The van der Waals surface area contributed by atoms with Crippen LogP contribution in [0.2, 0.25) is 0 Å². The number of hydrogen-bond acceptors (Lipinski definition) is 4. The normalized spacial score (nSPS) is 16.8. The van der Waals surface area contributed by atoms with E-state index in [9.17, 15) is 13.2 Å². The fraction of sp³-hybridized carbons (Fsp3) is 0.562. The topological polar surface area (TPSA) is 66.5 Å². The van der Waals surface area contributed by atoms with Crippen LogP contribution in [0.5, 0.6) is 0 Å². The second-order valence-corrected chi connectivity index (χ2v) is 7.54. The predicted octanol–water partition coefficient (Wildman–Crippen LogP) is 2.46. The highest BCUT2D eigenvalue weighted by Gasteiger charge is 2.24. The minimum atomic E-state index is -3.57. The van der Waals surface area contributed by atoms with E-state index in [1.54, 1.807) is 12.1 Å². The molecule has 0 atom stereocenters. The molecule has 1 aromatic rings. The van der Waals surface area contributed by atoms with Gasteiger partial charge in [-0.3, -0.25) is 4.79 Å². The van der Waals surface area contributed by atoms with Crippen molar-refractivity contribution in [2.45, 2.75) is 44.0 Å². The number of piperidine rings is 1. The van der Waals surface area contributed by atoms with Crippen molar-refractivity contribution in [3.63, 3.8) is 0 Å². The molecule has 2 rings (SSSR count). The number of Topliss-reactive ketones (excluding diaryl/α,β-unsaturated/α-hetero) is 1. The summed E-state index contributed by atoms with van der Waals surface area (Å²) in [5, 5.41) is 0. The van der Waals surface area contributed by atoms with Crippen molar-refractivity contribution in [1.29, 1.82) is 0 Å². The third kappa shape index (κ3) is 5.57. The number of halogens is 1. The lowest BCUT2D eigenvalue weighted by molar-refractivity contribution is 0.101. The average molecular weight is 361 g/mol. The molecule has 0 spiro atoms. The van der Waals surface area contributed by atoms with Crippen LogP contribution in [-0.4, -0.2) is 44.8 Å². The SMILES string of the molecule is CCCN1CCC(NS(=O)(=O)c2cccc(C(C)=O)c2)CC1.Cl. The van der Waals surface area contributed by atoms with Gasteiger partial charge in [0.2, 0.25) is 10.0 Å². The minimum Gasteiger partial charge on any atom is -0.303 e. The highest BCUT2D eigenvalue weighted by atomic mass is 35.5. The van der Waals surface area contributed by atoms with Gasteiger partial charge in [0.15, 0.2) is 5.78 Å². The van der Waals surface area contributed by atoms with E-state index in [4.69, 9.17) is 0 Å². The molecule has 1 heterocycles. The van der Waals surface area contributed by atoms with Gasteiger partial charge in [0.25, 0.3) is 0 Å². The highest BCUT2D eigenvalue weighted by molar-refractivity contribution is 7.89. The fourth-order valence-corrected chi connectivity index (χ4v) is 4.11. The van der Waals surface area contributed by atoms with Crippen molar-refractivity contribution in [3.8, 4) is 0 Å². The molecule has 1 N–H and O–H groups in total. The van der Waals surface area contributed by atoms with E-state index < -0.39 is 10.0 Å². The lowest BCUT2D eigenvalue weighted by Crippen LogP contribution is -2.44. The maximum Gasteiger partial charge on any atom is 0.240 e. The van der Waals surface area contributed by atoms with Crippen LogP contribution in [0.3, 0.4) is 0 Å². The molecule has 0 unspecified atom stereocenters. The maximum atomic E-state index is 12.4. The summed E-state index contributed by atoms with van der Waals surface area (Å²) in [5.74, 6) is -0.134. The molecule has 5 nitrogen and oxygen atoms in total. The van der Waals surface area contributed by atoms with Crippen LogP contribution >= 0.6 is 12.4 Å². The number of sulfonamides is 1. The Morgan fingerprint density at radius 2 is 1.96 bits per heavy atom. The van der Waals surface area contributed by atoms with Gasteiger partial charge in [0, 0.05) is 11.6 Å². The molecule has 1 aromatic carbocycles. The number of likely N-dealkylation sites (tertiary alicyclic amines) is 1. The Hall–Kier alpha value is -0.950. The lowest BCUT2D eigenvalue weighted by atomic mass is 10.1. The van der Waals surface area contributed by atoms with E-state index >= 15 is 0 Å². The van der Waals surface area contributed by atoms with Gasteiger partial charge in [-0.1, -0.05) is 19.1 Å². The molecule has 1 aliphatic rings. The molecule has 1 saturated heterocycles. The minimum absolute atomic E-state index is 0. The third-order valence-electron chi connectivity index (χ3n) is 4.00. The molecule has 0 radical (unpaired) electrons. The number of hydrogen-bond donors (Lipinski definition) is 1. The van der Waals surface area contributed by atoms with Crippen molar-refractivity contribution in [2.75, 3.05) is 19.6 Å². The molecule has 0 bridgehead atoms. The van der Waals surface area contributed by atoms with Crippen LogP contribution in [0.4, 0.5) is 0 Å². The molecule has 0 saturated carbocycles. The molecule has 1 fully saturated rings. The van der Waals surface area contributed by atoms with Crippen molar-refractivity contribution >= 4 is 28.2 Å². The van der Waals surface area contributed by atoms with Gasteiger partial charge in [-0.25, -0.2) is 13.1 Å². The zero-order chi connectivity index (χ0) is 16.2. The zero-order valence-corrected chi connectivity index (χ0v) is 15.3. The molecular weight excluding hydrogens is 336 g/mol. The molecule has 0 aromatic heterocycles. The number of nitrogens with zero attached hydrogens (tertiary/aromatic N) is 1. The van der Waals surface area contributed by atoms with Crippen LogP contribution in [-0.2, 0) is 10.0 Å². The van der Waals surface area contributed by atoms with E-state index in [2.05, 4.69) is 16.5 Å². The standard InChI is InChI=1S/C16H24N2O3S.ClH/c1-3-9-18-10-7-15(8-11-18)17-22(20,21)16-6-4-5-14(12-16)13(2)19;/h4-6,12,15,17H,3,7-11H2,1-2H3;1H. The second-order valence-electron chi connectivity index (χ2n) is 5.82. The number of nitrogens with one attached hydrogen (secondary N) is 1. The van der Waals surface area contributed by atoms with E-state index in [1.807, 2.05) is 0 Å². The Kier molecular flexibility index (Phi) is 7.67. The van der Waals surface area contributed by atoms with E-state index in [0.717, 1.165) is 38.9 Å². The van der Waals surface area contributed by atoms with Gasteiger partial charge >= 0.3 is 0 Å². The van der Waals surface area contributed by atoms with Gasteiger partial charge < -0.3 is 4.90 Å². The quantitative estimate of drug-likeness (QED) is 0.791. The third-order valence-corrected chi connectivity index (χ3v) is 5.52. The summed E-state index contributed by atoms with van der Waals surface area (Å²) in [6.07, 6.45) is 2.77. The Morgan fingerprint density at radius 3 is 2.52 bits per heavy atom. The summed E-state index contributed by atoms with van der Waals surface area (Å²) in [5.41, 5.74) is 0.417. The average Bonchev–Trinajstić information content (AvgIpc) is 2.49. The Morgan fingerprint density at radius 1 is 1.30 bits per heavy atom. The van der Waals surface area contributed by atoms with E-state index in [0.29, 0.717) is 5.56 Å². The predicted molar refractivity (Wildman–Crippen MR) is 93.8 cm³/mol. The summed E-state index contributed by atoms with van der Waals surface area (Å²) < 4.78 is 27.7. The summed E-state index contributed by atoms with van der Waals surface area (Å²) in [4.78, 5) is 13.9. The van der Waals surface area contributed by atoms with Crippen LogP contribution < -0.4 is 4.72 Å². The largest absolute Gasteiger partial charge is 0.303 e. The van der Waals surface area contributed by atoms with Crippen molar-refractivity contribution in [1.82, 2.24) is 9.62 Å². The summed E-state index contributed by atoms with van der Waals surface area (Å²) >= 11 is 0. The van der Waals surface area contributed by atoms with Gasteiger partial charge in [0.1, 0.15) is 0 Å². The molecular formula is C16H25ClN2O3S. The number of carbonyl (C=O) groups is 1. The second kappa shape index (κ2) is 8.78. The first-order valence-electron chi connectivity index (χ1n) is 7.78. The summed E-state index contributed by atoms with van der Waals surface area (Å²) in [6, 6.07) is 6.18. The van der Waals surface area contributed by atoms with Gasteiger partial charge in [-0.15, -0.1) is 12.4 Å². The fourth-order valence-electron chi connectivity index (χ4n) is 2.76. The van der Waals surface area contributed by atoms with Crippen LogP contribution in [0, 0.1) is 0 Å². The summed E-state index contributed by atoms with van der Waals surface area (Å²) in [6.45, 7) is 6.50. The monoisotopic (exact) mass is 360 g/mol. The van der Waals surface area contributed by atoms with E-state index in [1.165, 1.54) is 19.1 Å². The molecule has 130 valence electrons. The van der Waals surface area contributed by atoms with Gasteiger partial charge in [-0.05, 0) is 58.0 Å². The zero-order valence-electron chi connectivity index (χ0n) is 13.6. The Labute approximate surface area is 144 Å². The van der Waals surface area contributed by atoms with E-state index in [-0.39, 0.29) is 29.1 Å². The van der Waals surface area contributed by atoms with Gasteiger partial charge in [0.05, 0.1) is 4.90 Å². The van der Waals surface area contributed by atoms with Crippen molar-refractivity contribution < 1.29 is 13.2 Å². The smallest absolute Gasteiger partial charge is 0.240 e. The molecule has 7 heteroatoms. The van der Waals surface area contributed by atoms with Crippen LogP contribution in [0.15, 0.2) is 29.2 Å². The molecule has 23 heavy (non-hydrogen) atoms. The van der Waals surface area contributed by atoms with Crippen molar-refractivity contribution in [2.24, 2.45) is 0 Å². The van der Waals surface area contributed by atoms with Crippen LogP contribution in [0.25, 0.3) is 0 Å². The Bertz CT molecular complexity index is 626. The number of ketones is 1. The first kappa shape index (κ1) is 20.1.